The minimum Gasteiger partial charge on any atom is -0.397 e. The maximum absolute atomic E-state index is 12.6. The first kappa shape index (κ1) is 16.2. The Bertz CT molecular complexity index is 1090. The number of nitrogens with one attached hydrogen (secondary N) is 1. The van der Waals surface area contributed by atoms with Crippen LogP contribution in [0.3, 0.4) is 0 Å². The van der Waals surface area contributed by atoms with Gasteiger partial charge in [-0.25, -0.2) is 4.98 Å². The smallest absolute Gasteiger partial charge is 0.267 e. The summed E-state index contributed by atoms with van der Waals surface area (Å²) in [6.07, 6.45) is 3.25. The monoisotopic (exact) mass is 360 g/mol. The number of aromatic nitrogens is 2. The lowest BCUT2D eigenvalue weighted by atomic mass is 10.1. The van der Waals surface area contributed by atoms with Gasteiger partial charge in [-0.2, -0.15) is 0 Å². The zero-order chi connectivity index (χ0) is 18.1. The Hall–Kier alpha value is -3.25. The van der Waals surface area contributed by atoms with Crippen molar-refractivity contribution >= 4 is 38.8 Å². The van der Waals surface area contributed by atoms with Crippen LogP contribution in [-0.2, 0) is 0 Å². The van der Waals surface area contributed by atoms with E-state index < -0.39 is 0 Å². The number of amides is 1. The van der Waals surface area contributed by atoms with Gasteiger partial charge in [0.25, 0.3) is 5.91 Å². The number of carbonyl (C=O) groups is 1. The van der Waals surface area contributed by atoms with Gasteiger partial charge in [-0.15, -0.1) is 11.3 Å². The fourth-order valence-corrected chi connectivity index (χ4v) is 3.66. The van der Waals surface area contributed by atoms with Gasteiger partial charge >= 0.3 is 0 Å². The summed E-state index contributed by atoms with van der Waals surface area (Å²) in [6, 6.07) is 15.5. The lowest BCUT2D eigenvalue weighted by molar-refractivity contribution is 0.103. The molecule has 0 bridgehead atoms. The number of anilines is 2. The number of nitrogen functional groups attached to an aromatic ring is 1. The Morgan fingerprint density at radius 3 is 2.50 bits per heavy atom. The molecule has 128 valence electrons. The van der Waals surface area contributed by atoms with Gasteiger partial charge in [0, 0.05) is 29.0 Å². The lowest BCUT2D eigenvalue weighted by Gasteiger charge is -2.03. The number of fused-ring (bicyclic) bond motifs is 1. The zero-order valence-electron chi connectivity index (χ0n) is 14.1. The molecule has 0 saturated heterocycles. The molecule has 1 aromatic carbocycles. The van der Waals surface area contributed by atoms with Crippen LogP contribution in [0, 0.1) is 6.92 Å². The quantitative estimate of drug-likeness (QED) is 0.563. The Labute approximate surface area is 154 Å². The van der Waals surface area contributed by atoms with Crippen LogP contribution in [0.2, 0.25) is 0 Å². The van der Waals surface area contributed by atoms with Crippen molar-refractivity contribution in [2.24, 2.45) is 0 Å². The maximum atomic E-state index is 12.6. The molecule has 26 heavy (non-hydrogen) atoms. The van der Waals surface area contributed by atoms with Crippen LogP contribution in [0.25, 0.3) is 21.5 Å². The van der Waals surface area contributed by atoms with E-state index in [1.807, 2.05) is 31.2 Å². The molecule has 4 aromatic rings. The van der Waals surface area contributed by atoms with Crippen molar-refractivity contribution < 1.29 is 4.79 Å². The number of aryl methyl sites for hydroxylation is 1. The average molecular weight is 360 g/mol. The van der Waals surface area contributed by atoms with Crippen LogP contribution < -0.4 is 11.1 Å². The molecule has 0 unspecified atom stereocenters. The molecule has 6 heteroatoms. The second kappa shape index (κ2) is 6.57. The second-order valence-electron chi connectivity index (χ2n) is 5.95. The predicted molar refractivity (Wildman–Crippen MR) is 106 cm³/mol. The molecule has 0 aliphatic heterocycles. The normalized spacial score (nSPS) is 10.8. The molecule has 0 radical (unpaired) electrons. The maximum Gasteiger partial charge on any atom is 0.267 e. The fourth-order valence-electron chi connectivity index (χ4n) is 2.67. The first-order chi connectivity index (χ1) is 12.6. The molecule has 3 N–H and O–H groups in total. The van der Waals surface area contributed by atoms with E-state index >= 15 is 0 Å². The van der Waals surface area contributed by atoms with E-state index in [0.29, 0.717) is 16.3 Å². The summed E-state index contributed by atoms with van der Waals surface area (Å²) in [7, 11) is 0. The van der Waals surface area contributed by atoms with Gasteiger partial charge in [0.05, 0.1) is 11.4 Å². The largest absolute Gasteiger partial charge is 0.397 e. The summed E-state index contributed by atoms with van der Waals surface area (Å²) in [5.41, 5.74) is 10.4. The summed E-state index contributed by atoms with van der Waals surface area (Å²) in [5.74, 6) is -0.242. The van der Waals surface area contributed by atoms with Crippen LogP contribution in [0.15, 0.2) is 60.9 Å². The van der Waals surface area contributed by atoms with Crippen molar-refractivity contribution in [3.05, 3.63) is 71.4 Å². The van der Waals surface area contributed by atoms with E-state index in [4.69, 9.17) is 10.7 Å². The molecular weight excluding hydrogens is 344 g/mol. The van der Waals surface area contributed by atoms with Gasteiger partial charge < -0.3 is 11.1 Å². The molecule has 0 saturated carbocycles. The van der Waals surface area contributed by atoms with E-state index in [2.05, 4.69) is 22.4 Å². The van der Waals surface area contributed by atoms with Crippen LogP contribution in [0.1, 0.15) is 15.2 Å². The number of pyridine rings is 2. The average Bonchev–Trinajstić information content (AvgIpc) is 2.99. The van der Waals surface area contributed by atoms with Crippen LogP contribution >= 0.6 is 11.3 Å². The van der Waals surface area contributed by atoms with E-state index in [0.717, 1.165) is 21.5 Å². The first-order valence-corrected chi connectivity index (χ1v) is 8.91. The number of nitrogens with zero attached hydrogens (tertiary/aromatic N) is 2. The number of hydrogen-bond donors (Lipinski definition) is 2. The van der Waals surface area contributed by atoms with E-state index in [9.17, 15) is 4.79 Å². The Morgan fingerprint density at radius 1 is 1.04 bits per heavy atom. The summed E-state index contributed by atoms with van der Waals surface area (Å²) in [5, 5.41) is 3.63. The number of rotatable bonds is 3. The Morgan fingerprint density at radius 2 is 1.77 bits per heavy atom. The highest BCUT2D eigenvalue weighted by Gasteiger charge is 2.18. The third-order valence-corrected chi connectivity index (χ3v) is 5.20. The van der Waals surface area contributed by atoms with Gasteiger partial charge in [-0.1, -0.05) is 29.8 Å². The van der Waals surface area contributed by atoms with E-state index in [1.165, 1.54) is 16.9 Å². The molecule has 5 nitrogen and oxygen atoms in total. The number of nitrogens with two attached hydrogens (primary N) is 1. The minimum atomic E-state index is -0.242. The van der Waals surface area contributed by atoms with Crippen molar-refractivity contribution in [1.29, 1.82) is 0 Å². The fraction of sp³-hybridized carbons (Fsp3) is 0.0500. The van der Waals surface area contributed by atoms with Gasteiger partial charge in [-0.05, 0) is 31.2 Å². The Balaban J connectivity index is 1.70. The van der Waals surface area contributed by atoms with Crippen molar-refractivity contribution in [3.8, 4) is 11.3 Å². The highest BCUT2D eigenvalue weighted by Crippen LogP contribution is 2.34. The van der Waals surface area contributed by atoms with Crippen molar-refractivity contribution in [2.75, 3.05) is 11.1 Å². The van der Waals surface area contributed by atoms with Crippen LogP contribution in [-0.4, -0.2) is 15.9 Å². The Kier molecular flexibility index (Phi) is 4.10. The number of carbonyl (C=O) groups excluding carboxylic acids is 1. The minimum absolute atomic E-state index is 0.242. The van der Waals surface area contributed by atoms with Gasteiger partial charge in [0.2, 0.25) is 0 Å². The van der Waals surface area contributed by atoms with Gasteiger partial charge in [0.15, 0.2) is 0 Å². The highest BCUT2D eigenvalue weighted by molar-refractivity contribution is 7.21. The molecule has 0 aliphatic rings. The zero-order valence-corrected chi connectivity index (χ0v) is 14.9. The van der Waals surface area contributed by atoms with Crippen molar-refractivity contribution in [1.82, 2.24) is 9.97 Å². The third-order valence-electron chi connectivity index (χ3n) is 4.09. The van der Waals surface area contributed by atoms with Crippen molar-refractivity contribution in [3.63, 3.8) is 0 Å². The standard InChI is InChI=1S/C20H16N4OS/c1-12-2-4-13(5-3-12)16-7-6-15-17(21)18(26-20(15)24-16)19(25)23-14-8-10-22-11-9-14/h2-11H,21H2,1H3,(H,22,23,25). The molecule has 0 fully saturated rings. The molecular formula is C20H16N4OS. The summed E-state index contributed by atoms with van der Waals surface area (Å²) in [4.78, 5) is 22.4. The summed E-state index contributed by atoms with van der Waals surface area (Å²) >= 11 is 1.30. The second-order valence-corrected chi connectivity index (χ2v) is 6.95. The molecule has 0 aliphatic carbocycles. The topological polar surface area (TPSA) is 80.9 Å². The first-order valence-electron chi connectivity index (χ1n) is 8.09. The number of thiophene rings is 1. The molecule has 3 heterocycles. The number of hydrogen-bond acceptors (Lipinski definition) is 5. The van der Waals surface area contributed by atoms with Crippen molar-refractivity contribution in [2.45, 2.75) is 6.92 Å². The molecule has 0 atom stereocenters. The van der Waals surface area contributed by atoms with E-state index in [1.54, 1.807) is 24.5 Å². The SMILES string of the molecule is Cc1ccc(-c2ccc3c(N)c(C(=O)Nc4ccncc4)sc3n2)cc1. The molecule has 1 amide bonds. The third kappa shape index (κ3) is 3.02. The summed E-state index contributed by atoms with van der Waals surface area (Å²) in [6.45, 7) is 2.05. The summed E-state index contributed by atoms with van der Waals surface area (Å²) < 4.78 is 0. The lowest BCUT2D eigenvalue weighted by Crippen LogP contribution is -2.11. The number of benzene rings is 1. The molecule has 0 spiro atoms. The highest BCUT2D eigenvalue weighted by atomic mass is 32.1. The molecule has 4 rings (SSSR count). The van der Waals surface area contributed by atoms with Crippen LogP contribution in [0.5, 0.6) is 0 Å². The van der Waals surface area contributed by atoms with Crippen LogP contribution in [0.4, 0.5) is 11.4 Å². The van der Waals surface area contributed by atoms with Gasteiger partial charge in [-0.3, -0.25) is 9.78 Å². The van der Waals surface area contributed by atoms with Gasteiger partial charge in [0.1, 0.15) is 9.71 Å². The molecule has 3 aromatic heterocycles. The predicted octanol–water partition coefficient (Wildman–Crippen LogP) is 4.50. The van der Waals surface area contributed by atoms with E-state index in [-0.39, 0.29) is 5.91 Å².